The molecule has 1 N–H and O–H groups in total. The molecular weight excluding hydrogens is 338 g/mol. The van der Waals surface area contributed by atoms with Crippen LogP contribution in [0.3, 0.4) is 0 Å². The van der Waals surface area contributed by atoms with Gasteiger partial charge < -0.3 is 10.1 Å². The van der Waals surface area contributed by atoms with Crippen molar-refractivity contribution in [1.29, 1.82) is 0 Å². The van der Waals surface area contributed by atoms with Crippen molar-refractivity contribution < 1.29 is 9.66 Å². The number of ether oxygens (including phenoxy) is 1. The maximum absolute atomic E-state index is 10.9. The molecule has 0 unspecified atom stereocenters. The van der Waals surface area contributed by atoms with Gasteiger partial charge in [-0.05, 0) is 23.6 Å². The molecule has 0 amide bonds. The molecule has 1 heterocycles. The highest BCUT2D eigenvalue weighted by Gasteiger charge is 2.10. The largest absolute Gasteiger partial charge is 0.377 e. The van der Waals surface area contributed by atoms with Gasteiger partial charge in [-0.2, -0.15) is 0 Å². The molecule has 130 valence electrons. The number of nitro groups is 1. The van der Waals surface area contributed by atoms with Crippen molar-refractivity contribution in [2.75, 3.05) is 11.9 Å². The van der Waals surface area contributed by atoms with Crippen molar-refractivity contribution in [2.24, 2.45) is 0 Å². The van der Waals surface area contributed by atoms with Gasteiger partial charge in [0.25, 0.3) is 5.69 Å². The van der Waals surface area contributed by atoms with Crippen molar-refractivity contribution in [2.45, 2.75) is 26.5 Å². The number of rotatable bonds is 8. The Morgan fingerprint density at radius 3 is 2.80 bits per heavy atom. The number of non-ortho nitro benzene ring substituents is 1. The number of aromatic nitrogens is 1. The smallest absolute Gasteiger partial charge is 0.270 e. The first-order valence-electron chi connectivity index (χ1n) is 8.10. The van der Waals surface area contributed by atoms with Crippen LogP contribution in [0.4, 0.5) is 10.8 Å². The minimum atomic E-state index is -0.390. The summed E-state index contributed by atoms with van der Waals surface area (Å²) < 4.78 is 6.44. The van der Waals surface area contributed by atoms with Crippen LogP contribution < -0.4 is 5.32 Å². The maximum Gasteiger partial charge on any atom is 0.270 e. The first-order chi connectivity index (χ1) is 12.2. The van der Waals surface area contributed by atoms with E-state index in [4.69, 9.17) is 4.74 Å². The lowest BCUT2D eigenvalue weighted by Crippen LogP contribution is -2.04. The molecule has 0 spiro atoms. The topological polar surface area (TPSA) is 77.3 Å². The molecule has 3 aromatic rings. The van der Waals surface area contributed by atoms with E-state index in [1.165, 1.54) is 17.4 Å². The summed E-state index contributed by atoms with van der Waals surface area (Å²) in [6, 6.07) is 12.9. The lowest BCUT2D eigenvalue weighted by molar-refractivity contribution is -0.384. The van der Waals surface area contributed by atoms with Crippen molar-refractivity contribution in [3.63, 3.8) is 0 Å². The van der Waals surface area contributed by atoms with Crippen LogP contribution in [0.5, 0.6) is 0 Å². The minimum absolute atomic E-state index is 0.0844. The van der Waals surface area contributed by atoms with E-state index in [1.54, 1.807) is 12.1 Å². The van der Waals surface area contributed by atoms with Crippen molar-refractivity contribution in [3.8, 4) is 0 Å². The Hall–Kier alpha value is -2.51. The normalized spacial score (nSPS) is 10.9. The third kappa shape index (κ3) is 4.32. The predicted molar refractivity (Wildman–Crippen MR) is 100.0 cm³/mol. The van der Waals surface area contributed by atoms with Gasteiger partial charge in [0.15, 0.2) is 5.13 Å². The molecular formula is C18H19N3O3S. The van der Waals surface area contributed by atoms with E-state index in [-0.39, 0.29) is 5.69 Å². The molecule has 25 heavy (non-hydrogen) atoms. The zero-order chi connectivity index (χ0) is 17.6. The van der Waals surface area contributed by atoms with Crippen molar-refractivity contribution in [3.05, 3.63) is 63.7 Å². The van der Waals surface area contributed by atoms with E-state index in [1.807, 2.05) is 12.1 Å². The van der Waals surface area contributed by atoms with Gasteiger partial charge in [0.05, 0.1) is 21.7 Å². The number of nitrogens with one attached hydrogen (secondary N) is 1. The summed E-state index contributed by atoms with van der Waals surface area (Å²) >= 11 is 1.42. The van der Waals surface area contributed by atoms with Crippen LogP contribution in [0, 0.1) is 10.1 Å². The summed E-state index contributed by atoms with van der Waals surface area (Å²) in [5.41, 5.74) is 3.16. The fraction of sp³-hybridized carbons (Fsp3) is 0.278. The van der Waals surface area contributed by atoms with Gasteiger partial charge in [-0.15, -0.1) is 0 Å². The summed E-state index contributed by atoms with van der Waals surface area (Å²) in [5.74, 6) is 0. The zero-order valence-corrected chi connectivity index (χ0v) is 14.7. The fourth-order valence-electron chi connectivity index (χ4n) is 2.47. The molecule has 6 nitrogen and oxygen atoms in total. The van der Waals surface area contributed by atoms with E-state index in [2.05, 4.69) is 29.4 Å². The second kappa shape index (κ2) is 8.04. The zero-order valence-electron chi connectivity index (χ0n) is 13.9. The van der Waals surface area contributed by atoms with Gasteiger partial charge in [0, 0.05) is 25.3 Å². The second-order valence-electron chi connectivity index (χ2n) is 5.60. The monoisotopic (exact) mass is 357 g/mol. The minimum Gasteiger partial charge on any atom is -0.377 e. The first-order valence-corrected chi connectivity index (χ1v) is 8.92. The molecule has 0 bridgehead atoms. The molecule has 1 aromatic heterocycles. The number of anilines is 1. The predicted octanol–water partition coefficient (Wildman–Crippen LogP) is 4.74. The number of fused-ring (bicyclic) bond motifs is 1. The standard InChI is InChI=1S/C18H19N3O3S/c1-2-9-24-12-14-6-4-3-5-13(14)11-19-18-20-16-8-7-15(21(22)23)10-17(16)25-18/h3-8,10H,2,9,11-12H2,1H3,(H,19,20). The van der Waals surface area contributed by atoms with E-state index < -0.39 is 4.92 Å². The summed E-state index contributed by atoms with van der Waals surface area (Å²) in [6.07, 6.45) is 0.998. The SMILES string of the molecule is CCCOCc1ccccc1CNc1nc2ccc([N+](=O)[O-])cc2s1. The molecule has 0 radical (unpaired) electrons. The third-order valence-electron chi connectivity index (χ3n) is 3.74. The molecule has 0 aliphatic rings. The lowest BCUT2D eigenvalue weighted by atomic mass is 10.1. The number of hydrogen-bond donors (Lipinski definition) is 1. The molecule has 0 aliphatic carbocycles. The number of hydrogen-bond acceptors (Lipinski definition) is 6. The Balaban J connectivity index is 1.71. The molecule has 7 heteroatoms. The number of nitrogens with zero attached hydrogens (tertiary/aromatic N) is 2. The summed E-state index contributed by atoms with van der Waals surface area (Å²) in [4.78, 5) is 15.0. The molecule has 0 fully saturated rings. The highest BCUT2D eigenvalue weighted by atomic mass is 32.1. The highest BCUT2D eigenvalue weighted by Crippen LogP contribution is 2.29. The van der Waals surface area contributed by atoms with Crippen molar-refractivity contribution >= 4 is 32.4 Å². The van der Waals surface area contributed by atoms with Gasteiger partial charge in [-0.3, -0.25) is 10.1 Å². The Morgan fingerprint density at radius 2 is 2.04 bits per heavy atom. The summed E-state index contributed by atoms with van der Waals surface area (Å²) in [6.45, 7) is 4.06. The Kier molecular flexibility index (Phi) is 5.57. The molecule has 0 saturated heterocycles. The average molecular weight is 357 g/mol. The second-order valence-corrected chi connectivity index (χ2v) is 6.63. The van der Waals surface area contributed by atoms with E-state index in [0.717, 1.165) is 39.5 Å². The lowest BCUT2D eigenvalue weighted by Gasteiger charge is -2.10. The number of benzene rings is 2. The quantitative estimate of drug-likeness (QED) is 0.358. The Morgan fingerprint density at radius 1 is 1.24 bits per heavy atom. The fourth-order valence-corrected chi connectivity index (χ4v) is 3.37. The van der Waals surface area contributed by atoms with Gasteiger partial charge in [0.2, 0.25) is 0 Å². The van der Waals surface area contributed by atoms with Crippen LogP contribution in [0.2, 0.25) is 0 Å². The average Bonchev–Trinajstić information content (AvgIpc) is 3.03. The summed E-state index contributed by atoms with van der Waals surface area (Å²) in [5, 5.41) is 14.9. The molecule has 0 saturated carbocycles. The van der Waals surface area contributed by atoms with Crippen LogP contribution in [0.25, 0.3) is 10.2 Å². The maximum atomic E-state index is 10.9. The van der Waals surface area contributed by atoms with Crippen LogP contribution >= 0.6 is 11.3 Å². The Bertz CT molecular complexity index is 879. The molecule has 0 aliphatic heterocycles. The van der Waals surface area contributed by atoms with Crippen molar-refractivity contribution in [1.82, 2.24) is 4.98 Å². The van der Waals surface area contributed by atoms with Crippen LogP contribution in [0.15, 0.2) is 42.5 Å². The third-order valence-corrected chi connectivity index (χ3v) is 4.71. The van der Waals surface area contributed by atoms with Crippen LogP contribution in [0.1, 0.15) is 24.5 Å². The summed E-state index contributed by atoms with van der Waals surface area (Å²) in [7, 11) is 0. The van der Waals surface area contributed by atoms with Gasteiger partial charge in [0.1, 0.15) is 0 Å². The first kappa shape index (κ1) is 17.3. The Labute approximate surface area is 149 Å². The van der Waals surface area contributed by atoms with Crippen LogP contribution in [-0.2, 0) is 17.9 Å². The molecule has 0 atom stereocenters. The highest BCUT2D eigenvalue weighted by molar-refractivity contribution is 7.22. The van der Waals surface area contributed by atoms with E-state index >= 15 is 0 Å². The van der Waals surface area contributed by atoms with Gasteiger partial charge >= 0.3 is 0 Å². The van der Waals surface area contributed by atoms with E-state index in [0.29, 0.717) is 13.2 Å². The number of thiazole rings is 1. The van der Waals surface area contributed by atoms with Gasteiger partial charge in [-0.1, -0.05) is 42.5 Å². The van der Waals surface area contributed by atoms with E-state index in [9.17, 15) is 10.1 Å². The number of nitro benzene ring substituents is 1. The molecule has 3 rings (SSSR count). The molecule has 2 aromatic carbocycles. The van der Waals surface area contributed by atoms with Crippen LogP contribution in [-0.4, -0.2) is 16.5 Å². The van der Waals surface area contributed by atoms with Gasteiger partial charge in [-0.25, -0.2) is 4.98 Å².